The molecule has 5 heterocycles. The summed E-state index contributed by atoms with van der Waals surface area (Å²) in [7, 11) is -1.12. The molecule has 0 aromatic heterocycles. The SMILES string of the molecule is [C-]#[N+]CCOP(CC)OCC(CO)CCCCNC(=O)c1cc(Cl)c2c(c1Cl)C(=O)OC21c2cc3c(cc2Oc2c1cc1c4c2CCCN4C(C)(C)C=C1C)N(C(C)=O)C(C)(C)C=C3C. The highest BCUT2D eigenvalue weighted by molar-refractivity contribution is 7.47. The minimum atomic E-state index is -1.63. The van der Waals surface area contributed by atoms with Gasteiger partial charge in [0, 0.05) is 78.1 Å². The molecule has 344 valence electrons. The van der Waals surface area contributed by atoms with Crippen molar-refractivity contribution in [2.75, 3.05) is 55.4 Å². The Kier molecular flexibility index (Phi) is 13.0. The van der Waals surface area contributed by atoms with Gasteiger partial charge in [0.15, 0.2) is 14.0 Å². The second-order valence-electron chi connectivity index (χ2n) is 18.7. The van der Waals surface area contributed by atoms with E-state index in [-0.39, 0.29) is 51.7 Å². The fourth-order valence-corrected chi connectivity index (χ4v) is 12.3. The van der Waals surface area contributed by atoms with Gasteiger partial charge in [-0.15, -0.1) is 0 Å². The molecule has 3 aromatic rings. The van der Waals surface area contributed by atoms with Crippen molar-refractivity contribution in [2.24, 2.45) is 5.92 Å². The lowest BCUT2D eigenvalue weighted by Gasteiger charge is -2.48. The number of allylic oxidation sites excluding steroid dienone is 2. The Balaban J connectivity index is 1.16. The van der Waals surface area contributed by atoms with Crippen LogP contribution >= 0.6 is 31.6 Å². The molecule has 5 aliphatic heterocycles. The van der Waals surface area contributed by atoms with Crippen LogP contribution in [0.2, 0.25) is 10.0 Å². The fraction of sp³-hybridized carbons (Fsp3) is 0.480. The molecule has 12 nitrogen and oxygen atoms in total. The van der Waals surface area contributed by atoms with Crippen molar-refractivity contribution >= 4 is 71.9 Å². The quantitative estimate of drug-likeness (QED) is 0.0702. The van der Waals surface area contributed by atoms with Crippen molar-refractivity contribution in [1.29, 1.82) is 0 Å². The van der Waals surface area contributed by atoms with Crippen molar-refractivity contribution in [3.8, 4) is 11.5 Å². The topological polar surface area (TPSA) is 131 Å². The van der Waals surface area contributed by atoms with Crippen LogP contribution in [0, 0.1) is 12.5 Å². The zero-order chi connectivity index (χ0) is 46.7. The molecule has 0 aliphatic carbocycles. The van der Waals surface area contributed by atoms with E-state index in [4.69, 9.17) is 48.3 Å². The molecule has 8 rings (SSSR count). The molecule has 65 heavy (non-hydrogen) atoms. The summed E-state index contributed by atoms with van der Waals surface area (Å²) < 4.78 is 25.4. The van der Waals surface area contributed by atoms with Crippen LogP contribution in [-0.2, 0) is 30.6 Å². The largest absolute Gasteiger partial charge is 0.456 e. The third-order valence-corrected chi connectivity index (χ3v) is 15.4. The second-order valence-corrected chi connectivity index (χ2v) is 21.3. The molecule has 15 heteroatoms. The number of esters is 1. The highest BCUT2D eigenvalue weighted by atomic mass is 35.5. The van der Waals surface area contributed by atoms with Crippen LogP contribution in [0.1, 0.15) is 135 Å². The first-order chi connectivity index (χ1) is 30.9. The standard InChI is InChI=1S/C50H57Cl2N4O8P/c1-10-65(61-19-17-53-9)62-27-31(26-57)14-11-12-16-54-46(59)35-22-38(51)42-41(43(35)52)47(60)64-50(42)36-20-33-28(2)25-49(7,8)56(30(4)58)39(33)23-40(36)63-45-32-15-13-18-55-44(32)34(21-37(45)50)29(3)24-48(55,5)6/h20-25,31,57H,10-19,26-27H2,1-8H3,(H,54,59). The maximum absolute atomic E-state index is 14.6. The Morgan fingerprint density at radius 2 is 1.75 bits per heavy atom. The highest BCUT2D eigenvalue weighted by Gasteiger charge is 2.58. The van der Waals surface area contributed by atoms with Crippen LogP contribution in [0.3, 0.4) is 0 Å². The number of aliphatic hydroxyl groups excluding tert-OH is 1. The van der Waals surface area contributed by atoms with E-state index in [2.05, 4.69) is 54.1 Å². The van der Waals surface area contributed by atoms with E-state index in [1.165, 1.54) is 6.07 Å². The number of amides is 2. The zero-order valence-corrected chi connectivity index (χ0v) is 40.8. The summed E-state index contributed by atoms with van der Waals surface area (Å²) >= 11 is 14.6. The number of rotatable bonds is 14. The van der Waals surface area contributed by atoms with Crippen LogP contribution in [-0.4, -0.2) is 79.6 Å². The Labute approximate surface area is 392 Å². The number of nitrogens with one attached hydrogen (secondary N) is 1. The van der Waals surface area contributed by atoms with Crippen molar-refractivity contribution in [1.82, 2.24) is 5.32 Å². The molecule has 0 fully saturated rings. The van der Waals surface area contributed by atoms with Gasteiger partial charge in [0.25, 0.3) is 5.91 Å². The van der Waals surface area contributed by atoms with Crippen LogP contribution in [0.5, 0.6) is 11.5 Å². The lowest BCUT2D eigenvalue weighted by Crippen LogP contribution is -2.48. The van der Waals surface area contributed by atoms with E-state index < -0.39 is 31.4 Å². The lowest BCUT2D eigenvalue weighted by molar-refractivity contribution is -0.117. The number of hydrogen-bond donors (Lipinski definition) is 2. The maximum atomic E-state index is 14.6. The molecule has 2 amide bonds. The molecule has 2 N–H and O–H groups in total. The van der Waals surface area contributed by atoms with Gasteiger partial charge in [-0.1, -0.05) is 48.7 Å². The summed E-state index contributed by atoms with van der Waals surface area (Å²) in [5.74, 6) is -0.449. The minimum absolute atomic E-state index is 0.0110. The molecule has 3 aromatic carbocycles. The van der Waals surface area contributed by atoms with Crippen molar-refractivity contribution in [2.45, 2.75) is 104 Å². The number of aliphatic hydroxyl groups is 1. The van der Waals surface area contributed by atoms with Gasteiger partial charge in [-0.25, -0.2) is 11.4 Å². The molecule has 0 bridgehead atoms. The van der Waals surface area contributed by atoms with Crippen molar-refractivity contribution in [3.05, 3.63) is 102 Å². The summed E-state index contributed by atoms with van der Waals surface area (Å²) in [6.07, 6.45) is 8.62. The molecule has 0 radical (unpaired) electrons. The van der Waals surface area contributed by atoms with Crippen molar-refractivity contribution in [3.63, 3.8) is 0 Å². The summed E-state index contributed by atoms with van der Waals surface area (Å²) in [5.41, 5.74) is 5.60. The molecule has 3 atom stereocenters. The van der Waals surface area contributed by atoms with Gasteiger partial charge in [0.2, 0.25) is 12.5 Å². The number of unbranched alkanes of at least 4 members (excludes halogenated alkanes) is 1. The van der Waals surface area contributed by atoms with E-state index in [1.807, 2.05) is 39.8 Å². The third kappa shape index (κ3) is 8.04. The Morgan fingerprint density at radius 1 is 1.03 bits per heavy atom. The molecule has 5 aliphatic rings. The van der Waals surface area contributed by atoms with Gasteiger partial charge in [-0.05, 0) is 96.6 Å². The number of hydrogen-bond acceptors (Lipinski definition) is 9. The third-order valence-electron chi connectivity index (χ3n) is 13.3. The van der Waals surface area contributed by atoms with Gasteiger partial charge in [0.1, 0.15) is 18.1 Å². The summed E-state index contributed by atoms with van der Waals surface area (Å²) in [6.45, 7) is 25.1. The monoisotopic (exact) mass is 942 g/mol. The van der Waals surface area contributed by atoms with Gasteiger partial charge in [-0.2, -0.15) is 0 Å². The van der Waals surface area contributed by atoms with Crippen molar-refractivity contribution < 1.29 is 38.0 Å². The van der Waals surface area contributed by atoms with Crippen LogP contribution in [0.4, 0.5) is 11.4 Å². The predicted molar refractivity (Wildman–Crippen MR) is 257 cm³/mol. The molecule has 3 unspecified atom stereocenters. The second kappa shape index (κ2) is 18.0. The summed E-state index contributed by atoms with van der Waals surface area (Å²) in [5, 5.41) is 13.0. The average Bonchev–Trinajstić information content (AvgIpc) is 3.56. The number of anilines is 2. The highest BCUT2D eigenvalue weighted by Crippen LogP contribution is 2.63. The maximum Gasteiger partial charge on any atom is 0.341 e. The van der Waals surface area contributed by atoms with Crippen LogP contribution in [0.25, 0.3) is 16.0 Å². The van der Waals surface area contributed by atoms with E-state index >= 15 is 0 Å². The first-order valence-electron chi connectivity index (χ1n) is 22.5. The van der Waals surface area contributed by atoms with Crippen LogP contribution in [0.15, 0.2) is 36.4 Å². The number of ether oxygens (including phenoxy) is 2. The number of fused-ring (bicyclic) bond motifs is 8. The molecule has 0 saturated carbocycles. The number of benzene rings is 3. The summed E-state index contributed by atoms with van der Waals surface area (Å²) in [4.78, 5) is 49.4. The van der Waals surface area contributed by atoms with Gasteiger partial charge in [-0.3, -0.25) is 9.59 Å². The Hall–Kier alpha value is -4.47. The smallest absolute Gasteiger partial charge is 0.341 e. The minimum Gasteiger partial charge on any atom is -0.456 e. The fourth-order valence-electron chi connectivity index (χ4n) is 10.6. The Morgan fingerprint density at radius 3 is 2.46 bits per heavy atom. The average molecular weight is 944 g/mol. The van der Waals surface area contributed by atoms with E-state index in [9.17, 15) is 19.5 Å². The predicted octanol–water partition coefficient (Wildman–Crippen LogP) is 10.9. The molecular weight excluding hydrogens is 886 g/mol. The van der Waals surface area contributed by atoms with Gasteiger partial charge >= 0.3 is 5.97 Å². The molecule has 1 spiro atoms. The van der Waals surface area contributed by atoms with E-state index in [1.54, 1.807) is 11.8 Å². The first-order valence-corrected chi connectivity index (χ1v) is 24.6. The van der Waals surface area contributed by atoms with E-state index in [0.717, 1.165) is 52.9 Å². The van der Waals surface area contributed by atoms with Gasteiger partial charge < -0.3 is 43.6 Å². The van der Waals surface area contributed by atoms with E-state index in [0.29, 0.717) is 79.1 Å². The summed E-state index contributed by atoms with van der Waals surface area (Å²) in [6, 6.07) is 7.41. The molecular formula is C50H57Cl2N4O8P. The van der Waals surface area contributed by atoms with Crippen LogP contribution < -0.4 is 19.9 Å². The normalized spacial score (nSPS) is 20.2. The number of halogens is 2. The Bertz CT molecular complexity index is 2600. The molecule has 0 saturated heterocycles. The first kappa shape index (κ1) is 47.0. The number of nitrogens with zero attached hydrogens (tertiary/aromatic N) is 3. The van der Waals surface area contributed by atoms with Gasteiger partial charge in [0.05, 0.1) is 50.2 Å². The number of carbonyl (C=O) groups excluding carboxylic acids is 3. The lowest BCUT2D eigenvalue weighted by atomic mass is 9.72. The number of carbonyl (C=O) groups is 3. The zero-order valence-electron chi connectivity index (χ0n) is 38.4.